The first-order valence-electron chi connectivity index (χ1n) is 7.32. The summed E-state index contributed by atoms with van der Waals surface area (Å²) in [7, 11) is 0. The highest BCUT2D eigenvalue weighted by Gasteiger charge is 2.28. The predicted molar refractivity (Wildman–Crippen MR) is 74.1 cm³/mol. The SMILES string of the molecule is CCC(CC)n1ccc(CC(=O)C2COC(C)C2)n1. The second-order valence-corrected chi connectivity index (χ2v) is 5.48. The van der Waals surface area contributed by atoms with Crippen molar-refractivity contribution in [3.63, 3.8) is 0 Å². The van der Waals surface area contributed by atoms with E-state index in [0.717, 1.165) is 25.0 Å². The van der Waals surface area contributed by atoms with Crippen molar-refractivity contribution in [1.82, 2.24) is 9.78 Å². The quantitative estimate of drug-likeness (QED) is 0.793. The molecule has 0 spiro atoms. The normalized spacial score (nSPS) is 23.2. The van der Waals surface area contributed by atoms with Crippen LogP contribution >= 0.6 is 0 Å². The number of Topliss-reactive ketones (excluding diaryl/α,β-unsaturated/α-hetero) is 1. The molecule has 1 fully saturated rings. The van der Waals surface area contributed by atoms with Gasteiger partial charge in [0.15, 0.2) is 0 Å². The first-order chi connectivity index (χ1) is 9.13. The van der Waals surface area contributed by atoms with Gasteiger partial charge in [0.25, 0.3) is 0 Å². The van der Waals surface area contributed by atoms with Crippen LogP contribution in [0.15, 0.2) is 12.3 Å². The van der Waals surface area contributed by atoms with Crippen molar-refractivity contribution in [2.24, 2.45) is 5.92 Å². The minimum atomic E-state index is 0.0632. The lowest BCUT2D eigenvalue weighted by Gasteiger charge is -2.12. The minimum absolute atomic E-state index is 0.0632. The third-order valence-electron chi connectivity index (χ3n) is 3.99. The van der Waals surface area contributed by atoms with Crippen molar-refractivity contribution in [2.45, 2.75) is 58.6 Å². The van der Waals surface area contributed by atoms with Crippen LogP contribution < -0.4 is 0 Å². The van der Waals surface area contributed by atoms with Crippen LogP contribution in [0.2, 0.25) is 0 Å². The van der Waals surface area contributed by atoms with Crippen LogP contribution in [0.5, 0.6) is 0 Å². The van der Waals surface area contributed by atoms with Crippen LogP contribution in [-0.2, 0) is 16.0 Å². The number of hydrogen-bond acceptors (Lipinski definition) is 3. The van der Waals surface area contributed by atoms with Gasteiger partial charge in [-0.1, -0.05) is 13.8 Å². The summed E-state index contributed by atoms with van der Waals surface area (Å²) >= 11 is 0. The summed E-state index contributed by atoms with van der Waals surface area (Å²) in [6, 6.07) is 2.41. The molecule has 1 aromatic heterocycles. The van der Waals surface area contributed by atoms with Gasteiger partial charge in [-0.15, -0.1) is 0 Å². The molecule has 106 valence electrons. The molecule has 0 radical (unpaired) electrons. The number of ketones is 1. The molecular formula is C15H24N2O2. The maximum absolute atomic E-state index is 12.1. The molecule has 4 nitrogen and oxygen atoms in total. The Hall–Kier alpha value is -1.16. The minimum Gasteiger partial charge on any atom is -0.378 e. The highest BCUT2D eigenvalue weighted by atomic mass is 16.5. The van der Waals surface area contributed by atoms with Gasteiger partial charge in [0.2, 0.25) is 0 Å². The third kappa shape index (κ3) is 3.44. The summed E-state index contributed by atoms with van der Waals surface area (Å²) in [6.07, 6.45) is 5.64. The van der Waals surface area contributed by atoms with Gasteiger partial charge >= 0.3 is 0 Å². The second-order valence-electron chi connectivity index (χ2n) is 5.48. The Morgan fingerprint density at radius 2 is 2.26 bits per heavy atom. The fraction of sp³-hybridized carbons (Fsp3) is 0.733. The monoisotopic (exact) mass is 264 g/mol. The van der Waals surface area contributed by atoms with Crippen LogP contribution in [-0.4, -0.2) is 28.3 Å². The van der Waals surface area contributed by atoms with Gasteiger partial charge in [-0.3, -0.25) is 9.48 Å². The number of hydrogen-bond donors (Lipinski definition) is 0. The lowest BCUT2D eigenvalue weighted by molar-refractivity contribution is -0.122. The molecule has 0 aliphatic carbocycles. The molecule has 1 aliphatic heterocycles. The van der Waals surface area contributed by atoms with Crippen LogP contribution in [0.4, 0.5) is 0 Å². The van der Waals surface area contributed by atoms with E-state index in [0.29, 0.717) is 19.1 Å². The molecule has 2 rings (SSSR count). The van der Waals surface area contributed by atoms with E-state index in [2.05, 4.69) is 18.9 Å². The van der Waals surface area contributed by atoms with Gasteiger partial charge in [0.1, 0.15) is 5.78 Å². The average molecular weight is 264 g/mol. The van der Waals surface area contributed by atoms with Crippen molar-refractivity contribution in [2.75, 3.05) is 6.61 Å². The van der Waals surface area contributed by atoms with Crippen molar-refractivity contribution in [3.8, 4) is 0 Å². The smallest absolute Gasteiger partial charge is 0.144 e. The van der Waals surface area contributed by atoms with Crippen LogP contribution in [0.1, 0.15) is 51.8 Å². The molecule has 0 bridgehead atoms. The maximum Gasteiger partial charge on any atom is 0.144 e. The molecule has 1 aliphatic rings. The van der Waals surface area contributed by atoms with Gasteiger partial charge in [0, 0.05) is 12.1 Å². The van der Waals surface area contributed by atoms with Crippen molar-refractivity contribution in [1.29, 1.82) is 0 Å². The Bertz CT molecular complexity index is 424. The van der Waals surface area contributed by atoms with Crippen LogP contribution in [0, 0.1) is 5.92 Å². The zero-order chi connectivity index (χ0) is 13.8. The molecule has 4 heteroatoms. The van der Waals surface area contributed by atoms with Crippen molar-refractivity contribution >= 4 is 5.78 Å². The molecule has 0 saturated carbocycles. The van der Waals surface area contributed by atoms with E-state index < -0.39 is 0 Å². The van der Waals surface area contributed by atoms with E-state index in [1.165, 1.54) is 0 Å². The summed E-state index contributed by atoms with van der Waals surface area (Å²) in [6.45, 7) is 6.93. The Morgan fingerprint density at radius 1 is 1.53 bits per heavy atom. The maximum atomic E-state index is 12.1. The number of carbonyl (C=O) groups is 1. The number of rotatable bonds is 6. The molecule has 0 aromatic carbocycles. The zero-order valence-corrected chi connectivity index (χ0v) is 12.1. The number of nitrogens with zero attached hydrogens (tertiary/aromatic N) is 2. The highest BCUT2D eigenvalue weighted by molar-refractivity contribution is 5.83. The molecule has 19 heavy (non-hydrogen) atoms. The Morgan fingerprint density at radius 3 is 2.84 bits per heavy atom. The van der Waals surface area contributed by atoms with E-state index in [1.54, 1.807) is 0 Å². The van der Waals surface area contributed by atoms with E-state index in [-0.39, 0.29) is 17.8 Å². The largest absolute Gasteiger partial charge is 0.378 e. The van der Waals surface area contributed by atoms with Crippen molar-refractivity contribution in [3.05, 3.63) is 18.0 Å². The average Bonchev–Trinajstić information content (AvgIpc) is 3.00. The molecule has 0 amide bonds. The summed E-state index contributed by atoms with van der Waals surface area (Å²) in [5.74, 6) is 0.326. The Kier molecular flexibility index (Phi) is 4.75. The highest BCUT2D eigenvalue weighted by Crippen LogP contribution is 2.21. The lowest BCUT2D eigenvalue weighted by Crippen LogP contribution is -2.17. The summed E-state index contributed by atoms with van der Waals surface area (Å²) in [5.41, 5.74) is 0.886. The first-order valence-corrected chi connectivity index (χ1v) is 7.32. The zero-order valence-electron chi connectivity index (χ0n) is 12.1. The topological polar surface area (TPSA) is 44.1 Å². The lowest BCUT2D eigenvalue weighted by atomic mass is 9.98. The van der Waals surface area contributed by atoms with Gasteiger partial charge in [-0.05, 0) is 32.3 Å². The molecule has 1 aromatic rings. The molecule has 1 saturated heterocycles. The number of carbonyl (C=O) groups excluding carboxylic acids is 1. The van der Waals surface area contributed by atoms with Crippen LogP contribution in [0.25, 0.3) is 0 Å². The summed E-state index contributed by atoms with van der Waals surface area (Å²) < 4.78 is 7.45. The summed E-state index contributed by atoms with van der Waals surface area (Å²) in [5, 5.41) is 4.54. The summed E-state index contributed by atoms with van der Waals surface area (Å²) in [4.78, 5) is 12.1. The third-order valence-corrected chi connectivity index (χ3v) is 3.99. The van der Waals surface area contributed by atoms with Gasteiger partial charge in [0.05, 0.1) is 30.9 Å². The fourth-order valence-electron chi connectivity index (χ4n) is 2.70. The van der Waals surface area contributed by atoms with E-state index in [4.69, 9.17) is 4.74 Å². The first kappa shape index (κ1) is 14.3. The fourth-order valence-corrected chi connectivity index (χ4v) is 2.70. The molecule has 2 heterocycles. The molecule has 2 unspecified atom stereocenters. The van der Waals surface area contributed by atoms with Gasteiger partial charge in [-0.25, -0.2) is 0 Å². The molecule has 2 atom stereocenters. The number of ether oxygens (including phenoxy) is 1. The van der Waals surface area contributed by atoms with Gasteiger partial charge in [-0.2, -0.15) is 5.10 Å². The van der Waals surface area contributed by atoms with E-state index in [9.17, 15) is 4.79 Å². The van der Waals surface area contributed by atoms with E-state index in [1.807, 2.05) is 23.9 Å². The molecular weight excluding hydrogens is 240 g/mol. The second kappa shape index (κ2) is 6.33. The Balaban J connectivity index is 1.94. The predicted octanol–water partition coefficient (Wildman–Crippen LogP) is 2.78. The molecule has 0 N–H and O–H groups in total. The van der Waals surface area contributed by atoms with Crippen LogP contribution in [0.3, 0.4) is 0 Å². The van der Waals surface area contributed by atoms with Crippen molar-refractivity contribution < 1.29 is 9.53 Å². The standard InChI is InChI=1S/C15H24N2O2/c1-4-14(5-2)17-7-6-13(16-17)9-15(18)12-8-11(3)19-10-12/h6-7,11-12,14H,4-5,8-10H2,1-3H3. The van der Waals surface area contributed by atoms with E-state index >= 15 is 0 Å². The Labute approximate surface area is 115 Å². The number of aromatic nitrogens is 2. The van der Waals surface area contributed by atoms with Gasteiger partial charge < -0.3 is 4.74 Å².